The Morgan fingerprint density at radius 1 is 1.19 bits per heavy atom. The van der Waals surface area contributed by atoms with Gasteiger partial charge in [0, 0.05) is 30.1 Å². The van der Waals surface area contributed by atoms with Gasteiger partial charge in [0.15, 0.2) is 0 Å². The number of nitrogens with zero attached hydrogens (tertiary/aromatic N) is 3. The Kier molecular flexibility index (Phi) is 5.42. The maximum absolute atomic E-state index is 12.5. The second-order valence-corrected chi connectivity index (χ2v) is 9.08. The van der Waals surface area contributed by atoms with E-state index < -0.39 is 10.0 Å². The van der Waals surface area contributed by atoms with Crippen LogP contribution in [0.5, 0.6) is 11.5 Å². The highest BCUT2D eigenvalue weighted by atomic mass is 32.2. The number of aryl methyl sites for hydroxylation is 1. The van der Waals surface area contributed by atoms with Gasteiger partial charge in [-0.25, -0.2) is 8.42 Å². The molecule has 2 heterocycles. The van der Waals surface area contributed by atoms with Crippen LogP contribution in [0.3, 0.4) is 0 Å². The molecular formula is C22H19N5O4S. The van der Waals surface area contributed by atoms with Gasteiger partial charge in [-0.05, 0) is 49.4 Å². The van der Waals surface area contributed by atoms with Crippen LogP contribution in [0.1, 0.15) is 12.5 Å². The highest BCUT2D eigenvalue weighted by Gasteiger charge is 2.17. The van der Waals surface area contributed by atoms with Gasteiger partial charge in [-0.3, -0.25) is 14.6 Å². The monoisotopic (exact) mass is 449 g/mol. The first-order valence-corrected chi connectivity index (χ1v) is 11.3. The lowest BCUT2D eigenvalue weighted by Gasteiger charge is -2.15. The van der Waals surface area contributed by atoms with Crippen molar-refractivity contribution in [2.45, 2.75) is 6.92 Å². The van der Waals surface area contributed by atoms with Crippen LogP contribution in [0, 0.1) is 11.3 Å². The molecule has 2 N–H and O–H groups in total. The molecule has 0 atom stereocenters. The molecule has 2 aromatic heterocycles. The number of aromatic nitrogens is 3. The maximum atomic E-state index is 12.5. The Hall–Kier alpha value is -4.10. The third kappa shape index (κ3) is 4.06. The maximum Gasteiger partial charge on any atom is 0.261 e. The van der Waals surface area contributed by atoms with Gasteiger partial charge in [-0.15, -0.1) is 0 Å². The Morgan fingerprint density at radius 2 is 1.94 bits per heavy atom. The summed E-state index contributed by atoms with van der Waals surface area (Å²) in [6.07, 6.45) is 3.09. The highest BCUT2D eigenvalue weighted by molar-refractivity contribution is 7.92. The van der Waals surface area contributed by atoms with Crippen molar-refractivity contribution in [3.05, 3.63) is 70.8 Å². The summed E-state index contributed by atoms with van der Waals surface area (Å²) >= 11 is 0. The second-order valence-electron chi connectivity index (χ2n) is 7.07. The molecule has 32 heavy (non-hydrogen) atoms. The molecule has 0 fully saturated rings. The van der Waals surface area contributed by atoms with Crippen LogP contribution in [0.4, 0.5) is 5.69 Å². The van der Waals surface area contributed by atoms with E-state index in [2.05, 4.69) is 21.0 Å². The molecule has 4 rings (SSSR count). The van der Waals surface area contributed by atoms with E-state index in [0.717, 1.165) is 0 Å². The second kappa shape index (κ2) is 8.20. The fraction of sp³-hybridized carbons (Fsp3) is 0.136. The average Bonchev–Trinajstić information content (AvgIpc) is 3.28. The number of rotatable bonds is 6. The normalized spacial score (nSPS) is 11.3. The van der Waals surface area contributed by atoms with E-state index in [1.807, 2.05) is 0 Å². The predicted molar refractivity (Wildman–Crippen MR) is 121 cm³/mol. The third-order valence-corrected chi connectivity index (χ3v) is 6.22. The summed E-state index contributed by atoms with van der Waals surface area (Å²) in [6, 6.07) is 13.6. The van der Waals surface area contributed by atoms with E-state index >= 15 is 0 Å². The summed E-state index contributed by atoms with van der Waals surface area (Å²) in [7, 11) is -1.87. The molecule has 0 saturated carbocycles. The number of H-pyrrole nitrogens is 1. The first kappa shape index (κ1) is 21.1. The van der Waals surface area contributed by atoms with Crippen molar-refractivity contribution >= 4 is 26.6 Å². The molecule has 162 valence electrons. The van der Waals surface area contributed by atoms with Crippen molar-refractivity contribution < 1.29 is 13.2 Å². The van der Waals surface area contributed by atoms with Crippen molar-refractivity contribution in [2.75, 3.05) is 10.5 Å². The van der Waals surface area contributed by atoms with Gasteiger partial charge in [0.25, 0.3) is 5.56 Å². The van der Waals surface area contributed by atoms with E-state index in [9.17, 15) is 13.2 Å². The molecule has 0 aliphatic carbocycles. The lowest BCUT2D eigenvalue weighted by Crippen LogP contribution is -2.16. The number of nitriles is 1. The molecule has 0 spiro atoms. The molecule has 0 saturated heterocycles. The van der Waals surface area contributed by atoms with Crippen LogP contribution in [-0.2, 0) is 17.1 Å². The summed E-state index contributed by atoms with van der Waals surface area (Å²) in [4.78, 5) is 12.5. The van der Waals surface area contributed by atoms with Crippen LogP contribution in [0.2, 0.25) is 0 Å². The molecule has 0 radical (unpaired) electrons. The molecule has 0 bridgehead atoms. The number of hydrogen-bond acceptors (Lipinski definition) is 6. The number of benzene rings is 2. The highest BCUT2D eigenvalue weighted by Crippen LogP contribution is 2.38. The smallest absolute Gasteiger partial charge is 0.261 e. The fourth-order valence-electron chi connectivity index (χ4n) is 3.23. The average molecular weight is 449 g/mol. The standard InChI is InChI=1S/C22H19N5O4S/c1-3-32(29,30)26-15-6-9-20(31-16-7-4-14(11-23)5-8-16)17(10-15)19-13-27(2)22(28)18-12-24-25-21(18)19/h4-10,12-13,26H,3H2,1-2H3,(H,24,25). The first-order valence-electron chi connectivity index (χ1n) is 9.67. The number of anilines is 1. The SMILES string of the molecule is CCS(=O)(=O)Nc1ccc(Oc2ccc(C#N)cc2)c(-c2cn(C)c(=O)c3cn[nH]c23)c1. The minimum atomic E-state index is -3.49. The van der Waals surface area contributed by atoms with Gasteiger partial charge in [0.05, 0.1) is 34.5 Å². The van der Waals surface area contributed by atoms with Gasteiger partial charge in [-0.1, -0.05) is 0 Å². The summed E-state index contributed by atoms with van der Waals surface area (Å²) in [5, 5.41) is 16.2. The van der Waals surface area contributed by atoms with Crippen LogP contribution < -0.4 is 15.0 Å². The van der Waals surface area contributed by atoms with Crippen LogP contribution >= 0.6 is 0 Å². The zero-order chi connectivity index (χ0) is 22.9. The predicted octanol–water partition coefficient (Wildman–Crippen LogP) is 3.35. The molecule has 0 unspecified atom stereocenters. The van der Waals surface area contributed by atoms with Crippen molar-refractivity contribution in [2.24, 2.45) is 7.05 Å². The lowest BCUT2D eigenvalue weighted by molar-refractivity contribution is 0.484. The summed E-state index contributed by atoms with van der Waals surface area (Å²) in [6.45, 7) is 1.55. The van der Waals surface area contributed by atoms with Crippen LogP contribution in [-0.4, -0.2) is 28.9 Å². The summed E-state index contributed by atoms with van der Waals surface area (Å²) in [5.41, 5.74) is 2.31. The van der Waals surface area contributed by atoms with Gasteiger partial charge in [0.1, 0.15) is 11.5 Å². The topological polar surface area (TPSA) is 130 Å². The van der Waals surface area contributed by atoms with Gasteiger partial charge in [0.2, 0.25) is 10.0 Å². The zero-order valence-electron chi connectivity index (χ0n) is 17.3. The minimum absolute atomic E-state index is 0.0730. The molecule has 2 aromatic carbocycles. The lowest BCUT2D eigenvalue weighted by atomic mass is 10.0. The van der Waals surface area contributed by atoms with Crippen molar-refractivity contribution in [3.8, 4) is 28.7 Å². The van der Waals surface area contributed by atoms with Crippen LogP contribution in [0.15, 0.2) is 59.7 Å². The van der Waals surface area contributed by atoms with E-state index in [4.69, 9.17) is 10.00 Å². The molecule has 0 aliphatic heterocycles. The minimum Gasteiger partial charge on any atom is -0.457 e. The molecule has 4 aromatic rings. The van der Waals surface area contributed by atoms with Crippen molar-refractivity contribution in [1.82, 2.24) is 14.8 Å². The molecule has 0 amide bonds. The molecular weight excluding hydrogens is 430 g/mol. The van der Waals surface area contributed by atoms with Gasteiger partial charge < -0.3 is 9.30 Å². The first-order chi connectivity index (χ1) is 15.3. The number of nitrogens with one attached hydrogen (secondary N) is 2. The Labute approximate surface area is 183 Å². The largest absolute Gasteiger partial charge is 0.457 e. The Bertz CT molecular complexity index is 1510. The van der Waals surface area contributed by atoms with Gasteiger partial charge >= 0.3 is 0 Å². The van der Waals surface area contributed by atoms with E-state index in [1.165, 1.54) is 10.8 Å². The van der Waals surface area contributed by atoms with E-state index in [0.29, 0.717) is 44.8 Å². The van der Waals surface area contributed by atoms with Gasteiger partial charge in [-0.2, -0.15) is 10.4 Å². The molecule has 9 nitrogen and oxygen atoms in total. The molecule has 0 aliphatic rings. The van der Waals surface area contributed by atoms with E-state index in [-0.39, 0.29) is 11.3 Å². The Balaban J connectivity index is 1.89. The number of sulfonamides is 1. The summed E-state index contributed by atoms with van der Waals surface area (Å²) in [5.74, 6) is 0.859. The number of ether oxygens (including phenoxy) is 1. The van der Waals surface area contributed by atoms with Crippen molar-refractivity contribution in [3.63, 3.8) is 0 Å². The number of aromatic amines is 1. The zero-order valence-corrected chi connectivity index (χ0v) is 18.1. The fourth-order valence-corrected chi connectivity index (χ4v) is 3.86. The van der Waals surface area contributed by atoms with Crippen molar-refractivity contribution in [1.29, 1.82) is 5.26 Å². The molecule has 10 heteroatoms. The number of hydrogen-bond donors (Lipinski definition) is 2. The van der Waals surface area contributed by atoms with Crippen LogP contribution in [0.25, 0.3) is 22.0 Å². The Morgan fingerprint density at radius 3 is 2.62 bits per heavy atom. The number of fused-ring (bicyclic) bond motifs is 1. The quantitative estimate of drug-likeness (QED) is 0.464. The number of pyridine rings is 1. The third-order valence-electron chi connectivity index (χ3n) is 4.92. The summed E-state index contributed by atoms with van der Waals surface area (Å²) < 4.78 is 34.2. The van der Waals surface area contributed by atoms with E-state index in [1.54, 1.807) is 62.6 Å².